The molecule has 0 saturated carbocycles. The summed E-state index contributed by atoms with van der Waals surface area (Å²) in [5, 5.41) is 7.87. The van der Waals surface area contributed by atoms with Crippen molar-refractivity contribution in [2.24, 2.45) is 0 Å². The Morgan fingerprint density at radius 2 is 1.68 bits per heavy atom. The molecule has 0 amide bonds. The van der Waals surface area contributed by atoms with E-state index in [0.717, 1.165) is 13.2 Å². The number of methoxy groups -OCH3 is 1. The van der Waals surface area contributed by atoms with Crippen molar-refractivity contribution in [1.82, 2.24) is 0 Å². The molecule has 0 atom stereocenters. The Labute approximate surface area is 112 Å². The molecule has 2 N–H and O–H groups in total. The molecular weight excluding hydrogens is 324 g/mol. The van der Waals surface area contributed by atoms with Crippen LogP contribution in [0.1, 0.15) is 0 Å². The SMILES string of the molecule is COc1cc([N+]#N)c(S(=O)(=O)O)c(S(=O)(=O)O)c1Cl. The molecule has 104 valence electrons. The van der Waals surface area contributed by atoms with E-state index in [0.29, 0.717) is 0 Å². The Morgan fingerprint density at radius 1 is 1.21 bits per heavy atom. The van der Waals surface area contributed by atoms with Gasteiger partial charge in [-0.15, -0.1) is 0 Å². The van der Waals surface area contributed by atoms with Gasteiger partial charge in [-0.1, -0.05) is 11.6 Å². The standard InChI is InChI=1S/C7H5ClN2O7S2/c1-17-4-2-3(10-9)6(18(11,12)13)7(5(4)8)19(14,15)16/h2H,1H3,(H-,11,12,13,14,15,16)/p+1. The minimum atomic E-state index is -5.14. The summed E-state index contributed by atoms with van der Waals surface area (Å²) in [5.41, 5.74) is -0.864. The minimum Gasteiger partial charge on any atom is -0.495 e. The summed E-state index contributed by atoms with van der Waals surface area (Å²) >= 11 is 5.57. The molecule has 0 bridgehead atoms. The number of rotatable bonds is 3. The molecule has 0 aliphatic carbocycles. The molecule has 0 spiro atoms. The van der Waals surface area contributed by atoms with Gasteiger partial charge in [-0.3, -0.25) is 9.11 Å². The lowest BCUT2D eigenvalue weighted by Gasteiger charge is -2.08. The Bertz CT molecular complexity index is 779. The molecule has 0 aliphatic heterocycles. The lowest BCUT2D eigenvalue weighted by Crippen LogP contribution is -2.10. The third-order valence-electron chi connectivity index (χ3n) is 1.97. The minimum absolute atomic E-state index is 0.380. The number of hydrogen-bond donors (Lipinski definition) is 2. The molecule has 0 heterocycles. The molecular formula is C7H6ClN2O7S2+. The summed E-state index contributed by atoms with van der Waals surface area (Å²) < 4.78 is 67.2. The van der Waals surface area contributed by atoms with Gasteiger partial charge in [0.1, 0.15) is 15.7 Å². The Hall–Kier alpha value is -1.45. The van der Waals surface area contributed by atoms with Crippen LogP contribution in [0.15, 0.2) is 15.9 Å². The average molecular weight is 330 g/mol. The maximum Gasteiger partial charge on any atom is 0.411 e. The Morgan fingerprint density at radius 3 is 2.00 bits per heavy atom. The number of halogens is 1. The van der Waals surface area contributed by atoms with Gasteiger partial charge in [0.05, 0.1) is 13.2 Å². The van der Waals surface area contributed by atoms with Crippen LogP contribution < -0.4 is 4.74 Å². The van der Waals surface area contributed by atoms with Crippen LogP contribution in [0, 0.1) is 5.39 Å². The van der Waals surface area contributed by atoms with E-state index in [1.54, 1.807) is 0 Å². The highest BCUT2D eigenvalue weighted by Crippen LogP contribution is 2.42. The molecule has 1 aromatic carbocycles. The fraction of sp³-hybridized carbons (Fsp3) is 0.143. The second-order valence-electron chi connectivity index (χ2n) is 3.12. The van der Waals surface area contributed by atoms with Gasteiger partial charge in [0.25, 0.3) is 10.1 Å². The zero-order chi connectivity index (χ0) is 15.0. The van der Waals surface area contributed by atoms with E-state index in [2.05, 4.69) is 9.71 Å². The highest BCUT2D eigenvalue weighted by atomic mass is 35.5. The lowest BCUT2D eigenvalue weighted by atomic mass is 10.3. The highest BCUT2D eigenvalue weighted by molar-refractivity contribution is 7.89. The van der Waals surface area contributed by atoms with Crippen LogP contribution in [0.4, 0.5) is 5.69 Å². The van der Waals surface area contributed by atoms with E-state index in [1.165, 1.54) is 0 Å². The zero-order valence-electron chi connectivity index (χ0n) is 9.10. The quantitative estimate of drug-likeness (QED) is 0.623. The maximum absolute atomic E-state index is 11.2. The molecule has 0 radical (unpaired) electrons. The van der Waals surface area contributed by atoms with Crippen molar-refractivity contribution in [2.45, 2.75) is 9.79 Å². The number of hydrogen-bond acceptors (Lipinski definition) is 6. The fourth-order valence-corrected chi connectivity index (χ4v) is 3.86. The molecule has 0 fully saturated rings. The first kappa shape index (κ1) is 15.6. The topological polar surface area (TPSA) is 146 Å². The maximum atomic E-state index is 11.2. The van der Waals surface area contributed by atoms with E-state index < -0.39 is 40.7 Å². The van der Waals surface area contributed by atoms with Crippen molar-refractivity contribution >= 4 is 37.5 Å². The fourth-order valence-electron chi connectivity index (χ4n) is 1.28. The van der Waals surface area contributed by atoms with Gasteiger partial charge in [-0.05, 0) is 0 Å². The second-order valence-corrected chi connectivity index (χ2v) is 6.22. The van der Waals surface area contributed by atoms with Crippen molar-refractivity contribution in [3.8, 4) is 5.75 Å². The predicted molar refractivity (Wildman–Crippen MR) is 62.4 cm³/mol. The van der Waals surface area contributed by atoms with Crippen LogP contribution in [-0.4, -0.2) is 33.1 Å². The van der Waals surface area contributed by atoms with Gasteiger partial charge in [0, 0.05) is 0 Å². The third kappa shape index (κ3) is 2.94. The highest BCUT2D eigenvalue weighted by Gasteiger charge is 2.38. The van der Waals surface area contributed by atoms with E-state index in [-0.39, 0.29) is 5.75 Å². The van der Waals surface area contributed by atoms with Gasteiger partial charge in [0.2, 0.25) is 10.3 Å². The number of ether oxygens (including phenoxy) is 1. The van der Waals surface area contributed by atoms with Crippen LogP contribution in [0.2, 0.25) is 5.02 Å². The normalized spacial score (nSPS) is 11.9. The number of benzene rings is 1. The summed E-state index contributed by atoms with van der Waals surface area (Å²) in [6.45, 7) is 0. The van der Waals surface area contributed by atoms with Crippen LogP contribution >= 0.6 is 11.6 Å². The first-order valence-electron chi connectivity index (χ1n) is 4.24. The first-order valence-corrected chi connectivity index (χ1v) is 7.50. The average Bonchev–Trinajstić information content (AvgIpc) is 2.25. The summed E-state index contributed by atoms with van der Waals surface area (Å²) in [4.78, 5) is -0.194. The van der Waals surface area contributed by atoms with E-state index in [1.807, 2.05) is 0 Å². The molecule has 12 heteroatoms. The first-order chi connectivity index (χ1) is 8.54. The van der Waals surface area contributed by atoms with E-state index in [9.17, 15) is 16.8 Å². The molecule has 1 rings (SSSR count). The van der Waals surface area contributed by atoms with Crippen molar-refractivity contribution in [3.05, 3.63) is 16.1 Å². The molecule has 0 aliphatic rings. The van der Waals surface area contributed by atoms with Crippen LogP contribution in [0.5, 0.6) is 5.75 Å². The van der Waals surface area contributed by atoms with Crippen molar-refractivity contribution < 1.29 is 30.7 Å². The zero-order valence-corrected chi connectivity index (χ0v) is 11.5. The van der Waals surface area contributed by atoms with Crippen molar-refractivity contribution in [2.75, 3.05) is 7.11 Å². The van der Waals surface area contributed by atoms with Crippen LogP contribution in [-0.2, 0) is 20.2 Å². The predicted octanol–water partition coefficient (Wildman–Crippen LogP) is 1.33. The largest absolute Gasteiger partial charge is 0.495 e. The van der Waals surface area contributed by atoms with Gasteiger partial charge in [-0.2, -0.15) is 16.8 Å². The molecule has 19 heavy (non-hydrogen) atoms. The van der Waals surface area contributed by atoms with Gasteiger partial charge >= 0.3 is 15.8 Å². The summed E-state index contributed by atoms with van der Waals surface area (Å²) in [5.74, 6) is -0.380. The molecule has 0 saturated heterocycles. The number of diazo groups is 1. The van der Waals surface area contributed by atoms with Crippen molar-refractivity contribution in [3.63, 3.8) is 0 Å². The van der Waals surface area contributed by atoms with Gasteiger partial charge in [-0.25, -0.2) is 0 Å². The Kier molecular flexibility index (Phi) is 4.03. The van der Waals surface area contributed by atoms with Gasteiger partial charge < -0.3 is 4.74 Å². The second kappa shape index (κ2) is 4.91. The third-order valence-corrected chi connectivity index (χ3v) is 4.44. The van der Waals surface area contributed by atoms with Crippen LogP contribution in [0.25, 0.3) is 4.98 Å². The molecule has 0 aromatic heterocycles. The summed E-state index contributed by atoms with van der Waals surface area (Å²) in [6, 6.07) is 0.764. The van der Waals surface area contributed by atoms with Crippen molar-refractivity contribution in [1.29, 1.82) is 5.39 Å². The molecule has 0 unspecified atom stereocenters. The van der Waals surface area contributed by atoms with Crippen LogP contribution in [0.3, 0.4) is 0 Å². The summed E-state index contributed by atoms with van der Waals surface area (Å²) in [7, 11) is -9.20. The molecule has 9 nitrogen and oxygen atoms in total. The Balaban J connectivity index is 4.13. The van der Waals surface area contributed by atoms with E-state index >= 15 is 0 Å². The number of nitrogens with zero attached hydrogens (tertiary/aromatic N) is 2. The lowest BCUT2D eigenvalue weighted by molar-refractivity contribution is 0.411. The van der Waals surface area contributed by atoms with Gasteiger partial charge in [0.15, 0.2) is 4.98 Å². The van der Waals surface area contributed by atoms with E-state index in [4.69, 9.17) is 26.1 Å². The monoisotopic (exact) mass is 329 g/mol. The smallest absolute Gasteiger partial charge is 0.411 e. The molecule has 1 aromatic rings. The summed E-state index contributed by atoms with van der Waals surface area (Å²) in [6.07, 6.45) is 0.